The van der Waals surface area contributed by atoms with Gasteiger partial charge in [-0.05, 0) is 30.7 Å². The molecular weight excluding hydrogens is 703 g/mol. The second-order valence-electron chi connectivity index (χ2n) is 6.98. The van der Waals surface area contributed by atoms with Crippen LogP contribution in [0.2, 0.25) is 0 Å². The average molecular weight is 723 g/mol. The van der Waals surface area contributed by atoms with Crippen LogP contribution in [-0.2, 0) is 0 Å². The largest absolute Gasteiger partial charge is 0.297 e. The molecule has 1 aliphatic rings. The first kappa shape index (κ1) is 21.5. The fourth-order valence-corrected chi connectivity index (χ4v) is 5.82. The van der Waals surface area contributed by atoms with Crippen LogP contribution in [0.4, 0.5) is 5.69 Å². The number of aromatic nitrogens is 1. The van der Waals surface area contributed by atoms with Gasteiger partial charge in [0.25, 0.3) is 0 Å². The number of rotatable bonds is 5. The van der Waals surface area contributed by atoms with E-state index in [1.54, 1.807) is 0 Å². The Balaban J connectivity index is 1.63. The molecule has 0 bridgehead atoms. The third-order valence-corrected chi connectivity index (χ3v) is 8.68. The number of benzene rings is 2. The molecule has 0 radical (unpaired) electrons. The molecule has 1 aliphatic heterocycles. The van der Waals surface area contributed by atoms with E-state index in [0.717, 1.165) is 41.4 Å². The zero-order valence-electron chi connectivity index (χ0n) is 16.1. The Bertz CT molecular complexity index is 1090. The van der Waals surface area contributed by atoms with Crippen LogP contribution >= 0.6 is 67.0 Å². The van der Waals surface area contributed by atoms with Gasteiger partial charge in [-0.2, -0.15) is 3.21 Å². The van der Waals surface area contributed by atoms with Crippen molar-refractivity contribution in [2.24, 2.45) is 6.35 Å². The molecule has 0 saturated heterocycles. The van der Waals surface area contributed by atoms with Crippen LogP contribution in [0.1, 0.15) is 19.4 Å². The van der Waals surface area contributed by atoms with Crippen LogP contribution in [-0.4, -0.2) is 36.2 Å². The first-order chi connectivity index (χ1) is 14.0. The van der Waals surface area contributed by atoms with Crippen LogP contribution in [0.15, 0.2) is 61.1 Å². The fourth-order valence-electron chi connectivity index (χ4n) is 3.14. The van der Waals surface area contributed by atoms with Crippen LogP contribution in [0.3, 0.4) is 0 Å². The molecule has 8 heteroatoms. The van der Waals surface area contributed by atoms with Crippen molar-refractivity contribution in [1.29, 1.82) is 0 Å². The molecule has 0 amide bonds. The molecule has 0 unspecified atom stereocenters. The number of nitrogens with zero attached hydrogens (tertiary/aromatic N) is 5. The SMILES string of the molecule is CC(C)N(I)CCN(I)C1=NI=Nc2cc(-c3cccc4ccccc34)ncc21. The zero-order valence-corrected chi connectivity index (χ0v) is 22.5. The lowest BCUT2D eigenvalue weighted by Gasteiger charge is -2.24. The van der Waals surface area contributed by atoms with Gasteiger partial charge in [-0.1, -0.05) is 42.5 Å². The molecule has 29 heavy (non-hydrogen) atoms. The van der Waals surface area contributed by atoms with Crippen molar-refractivity contribution in [3.63, 3.8) is 0 Å². The lowest BCUT2D eigenvalue weighted by atomic mass is 10.0. The Morgan fingerprint density at radius 1 is 1.00 bits per heavy atom. The Kier molecular flexibility index (Phi) is 7.12. The first-order valence-corrected chi connectivity index (χ1v) is 13.2. The van der Waals surface area contributed by atoms with Gasteiger partial charge in [-0.3, -0.25) is 8.10 Å². The molecule has 0 fully saturated rings. The zero-order chi connectivity index (χ0) is 20.4. The van der Waals surface area contributed by atoms with Gasteiger partial charge >= 0.3 is 0 Å². The van der Waals surface area contributed by atoms with Crippen LogP contribution in [0, 0.1) is 0 Å². The predicted octanol–water partition coefficient (Wildman–Crippen LogP) is 7.08. The molecule has 0 N–H and O–H groups in total. The Labute approximate surface area is 209 Å². The van der Waals surface area contributed by atoms with E-state index >= 15 is 0 Å². The molecule has 2 aromatic carbocycles. The molecule has 0 saturated carbocycles. The fraction of sp³-hybridized carbons (Fsp3) is 0.238. The van der Waals surface area contributed by atoms with Gasteiger partial charge in [0.2, 0.25) is 0 Å². The maximum atomic E-state index is 4.80. The number of amidine groups is 1. The number of fused-ring (bicyclic) bond motifs is 2. The van der Waals surface area contributed by atoms with E-state index in [-0.39, 0.29) is 0 Å². The van der Waals surface area contributed by atoms with Crippen molar-refractivity contribution in [1.82, 2.24) is 11.2 Å². The minimum absolute atomic E-state index is 0.522. The quantitative estimate of drug-likeness (QED) is 0.209. The van der Waals surface area contributed by atoms with Crippen molar-refractivity contribution in [3.8, 4) is 11.3 Å². The van der Waals surface area contributed by atoms with Crippen LogP contribution in [0.5, 0.6) is 0 Å². The summed E-state index contributed by atoms with van der Waals surface area (Å²) >= 11 is 4.18. The van der Waals surface area contributed by atoms with E-state index in [1.165, 1.54) is 10.8 Å². The highest BCUT2D eigenvalue weighted by molar-refractivity contribution is 14.1. The summed E-state index contributed by atoms with van der Waals surface area (Å²) < 4.78 is 14.0. The van der Waals surface area contributed by atoms with Crippen LogP contribution < -0.4 is 0 Å². The third kappa shape index (κ3) is 4.79. The van der Waals surface area contributed by atoms with E-state index in [4.69, 9.17) is 11.3 Å². The smallest absolute Gasteiger partial charge is 0.155 e. The topological polar surface area (TPSA) is 44.1 Å². The Hall–Kier alpha value is -0.730. The summed E-state index contributed by atoms with van der Waals surface area (Å²) in [5, 5.41) is 2.44. The summed E-state index contributed by atoms with van der Waals surface area (Å²) in [7, 11) is 0. The van der Waals surface area contributed by atoms with Gasteiger partial charge < -0.3 is 0 Å². The van der Waals surface area contributed by atoms with Gasteiger partial charge in [0, 0.05) is 53.8 Å². The van der Waals surface area contributed by atoms with Gasteiger partial charge in [-0.15, -0.1) is 0 Å². The molecule has 3 aromatic rings. The second-order valence-corrected chi connectivity index (χ2v) is 10.8. The molecule has 4 rings (SSSR count). The Morgan fingerprint density at radius 3 is 2.62 bits per heavy atom. The highest BCUT2D eigenvalue weighted by atomic mass is 127. The molecule has 5 nitrogen and oxygen atoms in total. The third-order valence-electron chi connectivity index (χ3n) is 4.74. The van der Waals surface area contributed by atoms with Gasteiger partial charge in [0.1, 0.15) is 21.3 Å². The van der Waals surface area contributed by atoms with Crippen molar-refractivity contribution >= 4 is 89.3 Å². The standard InChI is InChI=1S/C21H20I3N5/c1-14(2)28(22)10-11-29(23)21-18-13-25-19(12-20(18)26-24-27-21)17-9-5-7-15-6-3-4-8-16(15)17/h3-9,12-14H,10-11H2,1-2H3. The molecule has 0 spiro atoms. The first-order valence-electron chi connectivity index (χ1n) is 9.31. The lowest BCUT2D eigenvalue weighted by Crippen LogP contribution is -2.32. The maximum absolute atomic E-state index is 4.80. The predicted molar refractivity (Wildman–Crippen MR) is 146 cm³/mol. The van der Waals surface area contributed by atoms with E-state index in [0.29, 0.717) is 6.04 Å². The summed E-state index contributed by atoms with van der Waals surface area (Å²) in [6, 6.07) is 17.4. The number of hydrogen-bond donors (Lipinski definition) is 0. The molecule has 2 heterocycles. The van der Waals surface area contributed by atoms with E-state index in [1.807, 2.05) is 6.20 Å². The summed E-state index contributed by atoms with van der Waals surface area (Å²) in [5.41, 5.74) is 4.15. The molecule has 150 valence electrons. The van der Waals surface area contributed by atoms with Crippen molar-refractivity contribution in [3.05, 3.63) is 60.3 Å². The number of pyridine rings is 1. The van der Waals surface area contributed by atoms with E-state index in [2.05, 4.69) is 114 Å². The van der Waals surface area contributed by atoms with Crippen molar-refractivity contribution < 1.29 is 0 Å². The maximum Gasteiger partial charge on any atom is 0.155 e. The number of halogens is 3. The highest BCUT2D eigenvalue weighted by Gasteiger charge is 2.20. The summed E-state index contributed by atoms with van der Waals surface area (Å²) in [6.45, 7) is 6.31. The van der Waals surface area contributed by atoms with Crippen molar-refractivity contribution in [2.75, 3.05) is 13.1 Å². The normalized spacial score (nSPS) is 13.4. The minimum atomic E-state index is -0.583. The van der Waals surface area contributed by atoms with Crippen molar-refractivity contribution in [2.45, 2.75) is 19.9 Å². The number of hydrogen-bond acceptors (Lipinski definition) is 5. The van der Waals surface area contributed by atoms with E-state index < -0.39 is 21.3 Å². The lowest BCUT2D eigenvalue weighted by molar-refractivity contribution is 0.417. The monoisotopic (exact) mass is 723 g/mol. The summed E-state index contributed by atoms with van der Waals surface area (Å²) in [5.74, 6) is 1.01. The molecule has 0 aliphatic carbocycles. The van der Waals surface area contributed by atoms with Gasteiger partial charge in [0.15, 0.2) is 5.84 Å². The van der Waals surface area contributed by atoms with E-state index in [9.17, 15) is 0 Å². The molecular formula is C21H20I3N5. The van der Waals surface area contributed by atoms with Gasteiger partial charge in [-0.25, -0.2) is 6.26 Å². The van der Waals surface area contributed by atoms with Gasteiger partial charge in [0.05, 0.1) is 39.8 Å². The highest BCUT2D eigenvalue weighted by Crippen LogP contribution is 2.36. The summed E-state index contributed by atoms with van der Waals surface area (Å²) in [6.07, 6.45) is 1.94. The molecule has 0 atom stereocenters. The Morgan fingerprint density at radius 2 is 1.79 bits per heavy atom. The average Bonchev–Trinajstić information content (AvgIpc) is 2.75. The minimum Gasteiger partial charge on any atom is -0.297 e. The van der Waals surface area contributed by atoms with Crippen LogP contribution in [0.25, 0.3) is 22.0 Å². The summed E-state index contributed by atoms with van der Waals surface area (Å²) in [4.78, 5) is 4.80. The second kappa shape index (κ2) is 9.60. The molecule has 1 aromatic heterocycles.